The van der Waals surface area contributed by atoms with Crippen LogP contribution in [0.4, 0.5) is 13.2 Å². The molecule has 1 heterocycles. The Labute approximate surface area is 81.7 Å². The second-order valence-corrected chi connectivity index (χ2v) is 4.25. The molecule has 0 aromatic carbocycles. The molecule has 1 saturated heterocycles. The summed E-state index contributed by atoms with van der Waals surface area (Å²) in [4.78, 5) is 1.77. The third-order valence-electron chi connectivity index (χ3n) is 2.44. The first-order valence-electron chi connectivity index (χ1n) is 4.40. The van der Waals surface area contributed by atoms with Gasteiger partial charge in [-0.1, -0.05) is 0 Å². The quantitative estimate of drug-likeness (QED) is 0.655. The van der Waals surface area contributed by atoms with Gasteiger partial charge in [0.25, 0.3) is 0 Å². The van der Waals surface area contributed by atoms with Crippen molar-refractivity contribution in [1.82, 2.24) is 4.90 Å². The first-order chi connectivity index (χ1) is 5.91. The number of nitrogens with zero attached hydrogens (tertiary/aromatic N) is 1. The van der Waals surface area contributed by atoms with Crippen molar-refractivity contribution in [2.75, 3.05) is 13.1 Å². The van der Waals surface area contributed by atoms with Gasteiger partial charge in [0, 0.05) is 11.9 Å². The molecule has 78 valence electrons. The lowest BCUT2D eigenvalue weighted by atomic mass is 9.98. The Kier molecular flexibility index (Phi) is 3.51. The van der Waals surface area contributed by atoms with Gasteiger partial charge in [0.15, 0.2) is 0 Å². The number of alkyl halides is 3. The fourth-order valence-corrected chi connectivity index (χ4v) is 1.82. The predicted molar refractivity (Wildman–Crippen MR) is 48.8 cm³/mol. The molecule has 0 bridgehead atoms. The number of hydrogen-bond donors (Lipinski definition) is 1. The zero-order chi connectivity index (χ0) is 10.1. The molecule has 0 N–H and O–H groups in total. The summed E-state index contributed by atoms with van der Waals surface area (Å²) < 4.78 is 37.0. The average molecular weight is 213 g/mol. The molecule has 0 amide bonds. The van der Waals surface area contributed by atoms with Gasteiger partial charge < -0.3 is 0 Å². The van der Waals surface area contributed by atoms with E-state index in [1.54, 1.807) is 4.90 Å². The SMILES string of the molecule is CC(S)N1CCC[C@H](C(F)(F)F)C1. The van der Waals surface area contributed by atoms with E-state index >= 15 is 0 Å². The highest BCUT2D eigenvalue weighted by atomic mass is 32.1. The lowest BCUT2D eigenvalue weighted by molar-refractivity contribution is -0.186. The Bertz CT molecular complexity index is 169. The molecule has 1 unspecified atom stereocenters. The van der Waals surface area contributed by atoms with Crippen molar-refractivity contribution in [3.63, 3.8) is 0 Å². The van der Waals surface area contributed by atoms with Crippen LogP contribution in [0.2, 0.25) is 0 Å². The zero-order valence-corrected chi connectivity index (χ0v) is 8.41. The van der Waals surface area contributed by atoms with Crippen LogP contribution in [0.3, 0.4) is 0 Å². The highest BCUT2D eigenvalue weighted by Gasteiger charge is 2.42. The van der Waals surface area contributed by atoms with E-state index in [0.29, 0.717) is 6.42 Å². The van der Waals surface area contributed by atoms with Crippen LogP contribution >= 0.6 is 12.6 Å². The molecule has 2 atom stereocenters. The average Bonchev–Trinajstić information content (AvgIpc) is 2.03. The minimum Gasteiger partial charge on any atom is -0.291 e. The topological polar surface area (TPSA) is 3.24 Å². The lowest BCUT2D eigenvalue weighted by Gasteiger charge is -2.35. The van der Waals surface area contributed by atoms with Crippen LogP contribution in [0.1, 0.15) is 19.8 Å². The Balaban J connectivity index is 2.52. The Morgan fingerprint density at radius 3 is 2.54 bits per heavy atom. The molecule has 0 aromatic rings. The van der Waals surface area contributed by atoms with Crippen molar-refractivity contribution in [1.29, 1.82) is 0 Å². The normalized spacial score (nSPS) is 28.8. The van der Waals surface area contributed by atoms with E-state index in [2.05, 4.69) is 12.6 Å². The smallest absolute Gasteiger partial charge is 0.291 e. The maximum Gasteiger partial charge on any atom is 0.393 e. The molecule has 0 radical (unpaired) electrons. The first-order valence-corrected chi connectivity index (χ1v) is 4.91. The predicted octanol–water partition coefficient (Wildman–Crippen LogP) is 2.54. The lowest BCUT2D eigenvalue weighted by Crippen LogP contribution is -2.43. The molecule has 1 fully saturated rings. The van der Waals surface area contributed by atoms with Crippen LogP contribution in [0.5, 0.6) is 0 Å². The van der Waals surface area contributed by atoms with Crippen molar-refractivity contribution in [3.8, 4) is 0 Å². The summed E-state index contributed by atoms with van der Waals surface area (Å²) in [5.74, 6) is -1.16. The van der Waals surface area contributed by atoms with E-state index in [0.717, 1.165) is 6.54 Å². The second kappa shape index (κ2) is 4.09. The molecular formula is C8H14F3NS. The fourth-order valence-electron chi connectivity index (χ4n) is 1.61. The van der Waals surface area contributed by atoms with E-state index in [1.165, 1.54) is 0 Å². The standard InChI is InChI=1S/C8H14F3NS/c1-6(13)12-4-2-3-7(5-12)8(9,10)11/h6-7,13H,2-5H2,1H3/t6?,7-/m0/s1. The number of piperidine rings is 1. The number of likely N-dealkylation sites (tertiary alicyclic amines) is 1. The van der Waals surface area contributed by atoms with Gasteiger partial charge in [-0.15, -0.1) is 0 Å². The van der Waals surface area contributed by atoms with E-state index < -0.39 is 12.1 Å². The van der Waals surface area contributed by atoms with Gasteiger partial charge in [-0.2, -0.15) is 25.8 Å². The summed E-state index contributed by atoms with van der Waals surface area (Å²) in [5, 5.41) is -0.0786. The summed E-state index contributed by atoms with van der Waals surface area (Å²) in [6, 6.07) is 0. The summed E-state index contributed by atoms with van der Waals surface area (Å²) in [6.07, 6.45) is -3.16. The zero-order valence-electron chi connectivity index (χ0n) is 7.51. The third kappa shape index (κ3) is 3.06. The van der Waals surface area contributed by atoms with Crippen molar-refractivity contribution in [3.05, 3.63) is 0 Å². The van der Waals surface area contributed by atoms with Crippen molar-refractivity contribution in [2.45, 2.75) is 31.3 Å². The summed E-state index contributed by atoms with van der Waals surface area (Å²) in [7, 11) is 0. The van der Waals surface area contributed by atoms with E-state index in [4.69, 9.17) is 0 Å². The first kappa shape index (κ1) is 11.2. The van der Waals surface area contributed by atoms with Crippen molar-refractivity contribution < 1.29 is 13.2 Å². The van der Waals surface area contributed by atoms with Gasteiger partial charge in [-0.3, -0.25) is 4.90 Å². The number of rotatable bonds is 1. The van der Waals surface area contributed by atoms with Gasteiger partial charge in [0.05, 0.1) is 5.92 Å². The molecular weight excluding hydrogens is 199 g/mol. The monoisotopic (exact) mass is 213 g/mol. The van der Waals surface area contributed by atoms with Gasteiger partial charge in [-0.05, 0) is 26.3 Å². The molecule has 1 rings (SSSR count). The van der Waals surface area contributed by atoms with Crippen LogP contribution in [0, 0.1) is 5.92 Å². The minimum atomic E-state index is -4.04. The summed E-state index contributed by atoms with van der Waals surface area (Å²) >= 11 is 4.14. The molecule has 0 aliphatic carbocycles. The summed E-state index contributed by atoms with van der Waals surface area (Å²) in [6.45, 7) is 2.65. The van der Waals surface area contributed by atoms with Gasteiger partial charge in [0.2, 0.25) is 0 Å². The highest BCUT2D eigenvalue weighted by Crippen LogP contribution is 2.33. The number of hydrogen-bond acceptors (Lipinski definition) is 2. The third-order valence-corrected chi connectivity index (χ3v) is 2.77. The molecule has 1 aliphatic heterocycles. The molecule has 0 spiro atoms. The Hall–Kier alpha value is 0.100. The van der Waals surface area contributed by atoms with Gasteiger partial charge in [0.1, 0.15) is 0 Å². The van der Waals surface area contributed by atoms with Gasteiger partial charge in [-0.25, -0.2) is 0 Å². The van der Waals surface area contributed by atoms with Gasteiger partial charge >= 0.3 is 6.18 Å². The maximum absolute atomic E-state index is 12.3. The van der Waals surface area contributed by atoms with E-state index in [-0.39, 0.29) is 18.3 Å². The van der Waals surface area contributed by atoms with Crippen LogP contribution < -0.4 is 0 Å². The second-order valence-electron chi connectivity index (χ2n) is 3.51. The van der Waals surface area contributed by atoms with E-state index in [9.17, 15) is 13.2 Å². The van der Waals surface area contributed by atoms with Crippen LogP contribution in [0.25, 0.3) is 0 Å². The number of thiol groups is 1. The van der Waals surface area contributed by atoms with Crippen molar-refractivity contribution >= 4 is 12.6 Å². The number of halogens is 3. The molecule has 13 heavy (non-hydrogen) atoms. The molecule has 1 aliphatic rings. The molecule has 5 heteroatoms. The van der Waals surface area contributed by atoms with Crippen molar-refractivity contribution in [2.24, 2.45) is 5.92 Å². The maximum atomic E-state index is 12.3. The largest absolute Gasteiger partial charge is 0.393 e. The molecule has 0 aromatic heterocycles. The highest BCUT2D eigenvalue weighted by molar-refractivity contribution is 7.80. The van der Waals surface area contributed by atoms with Crippen LogP contribution in [-0.2, 0) is 0 Å². The minimum absolute atomic E-state index is 0.0786. The fraction of sp³-hybridized carbons (Fsp3) is 1.00. The molecule has 1 nitrogen and oxygen atoms in total. The molecule has 0 saturated carbocycles. The van der Waals surface area contributed by atoms with Crippen LogP contribution in [-0.4, -0.2) is 29.5 Å². The Morgan fingerprint density at radius 2 is 2.08 bits per heavy atom. The van der Waals surface area contributed by atoms with E-state index in [1.807, 2.05) is 6.92 Å². The Morgan fingerprint density at radius 1 is 1.46 bits per heavy atom. The summed E-state index contributed by atoms with van der Waals surface area (Å²) in [5.41, 5.74) is 0. The van der Waals surface area contributed by atoms with Crippen LogP contribution in [0.15, 0.2) is 0 Å².